The van der Waals surface area contributed by atoms with Crippen molar-refractivity contribution in [2.24, 2.45) is 5.41 Å². The molecule has 1 saturated carbocycles. The van der Waals surface area contributed by atoms with E-state index in [0.29, 0.717) is 51.6 Å². The average Bonchev–Trinajstić information content (AvgIpc) is 3.43. The van der Waals surface area contributed by atoms with Gasteiger partial charge in [-0.2, -0.15) is 0 Å². The molecule has 2 bridgehead atoms. The third-order valence-electron chi connectivity index (χ3n) is 8.19. The first-order valence-electron chi connectivity index (χ1n) is 13.6. The van der Waals surface area contributed by atoms with Crippen molar-refractivity contribution < 1.29 is 23.5 Å². The van der Waals surface area contributed by atoms with Crippen molar-refractivity contribution in [1.29, 1.82) is 0 Å². The number of aromatic nitrogens is 2. The zero-order chi connectivity index (χ0) is 30.7. The Balaban J connectivity index is 0.000000612. The van der Waals surface area contributed by atoms with Crippen LogP contribution in [0.25, 0.3) is 0 Å². The van der Waals surface area contributed by atoms with Crippen LogP contribution in [0, 0.1) is 18.2 Å². The summed E-state index contributed by atoms with van der Waals surface area (Å²) >= 11 is 0. The average molecular weight is 602 g/mol. The SMILES string of the molecule is CC(=O)N(C)C.COc1c(C(=O)NCc2ccc(F)c(C)c2)nc2n(c1=O)CC1(C3=CNPN3)CCC2(NC=O)CC1. The monoisotopic (exact) mass is 601 g/mol. The number of carbonyl (C=O) groups is 3. The Morgan fingerprint density at radius 2 is 1.95 bits per heavy atom. The standard InChI is InChI=1S/C24H28FN6O4P.C4H9NO/c1-14-9-15(3-4-16(14)25)10-26-20(33)18-19(35-2)21(34)31-12-23(17-11-28-36-30-17)5-7-24(8-6-23,27-13-32)22(31)29-18;1-4(6)5(2)3/h3-4,9,11,13,28,30,36H,5-8,10,12H2,1-2H3,(H,26,33)(H,27,32);1-3H3. The number of allylic oxidation sites excluding steroid dienone is 1. The molecule has 1 unspecified atom stereocenters. The van der Waals surface area contributed by atoms with Gasteiger partial charge in [0.05, 0.1) is 21.5 Å². The van der Waals surface area contributed by atoms with Gasteiger partial charge in [-0.25, -0.2) is 9.37 Å². The van der Waals surface area contributed by atoms with Crippen LogP contribution >= 0.6 is 8.88 Å². The second kappa shape index (κ2) is 12.5. The van der Waals surface area contributed by atoms with Gasteiger partial charge < -0.3 is 30.4 Å². The second-order valence-corrected chi connectivity index (χ2v) is 11.8. The molecule has 0 spiro atoms. The van der Waals surface area contributed by atoms with Gasteiger partial charge in [0.15, 0.2) is 5.69 Å². The number of nitrogens with zero attached hydrogens (tertiary/aromatic N) is 3. The van der Waals surface area contributed by atoms with E-state index in [-0.39, 0.29) is 35.1 Å². The van der Waals surface area contributed by atoms with Crippen molar-refractivity contribution in [2.75, 3.05) is 21.2 Å². The topological polar surface area (TPSA) is 147 Å². The predicted molar refractivity (Wildman–Crippen MR) is 156 cm³/mol. The van der Waals surface area contributed by atoms with Gasteiger partial charge in [0.25, 0.3) is 11.5 Å². The van der Waals surface area contributed by atoms with Crippen molar-refractivity contribution in [3.63, 3.8) is 0 Å². The maximum absolute atomic E-state index is 13.7. The van der Waals surface area contributed by atoms with Crippen LogP contribution in [-0.4, -0.2) is 53.9 Å². The molecule has 4 N–H and O–H groups in total. The minimum atomic E-state index is -0.870. The third kappa shape index (κ3) is 5.97. The molecule has 1 aromatic heterocycles. The Morgan fingerprint density at radius 3 is 2.50 bits per heavy atom. The van der Waals surface area contributed by atoms with Crippen LogP contribution in [0.2, 0.25) is 0 Å². The number of rotatable bonds is 7. The lowest BCUT2D eigenvalue weighted by atomic mass is 9.67. The third-order valence-corrected chi connectivity index (χ3v) is 8.88. The molecule has 4 heterocycles. The van der Waals surface area contributed by atoms with E-state index >= 15 is 0 Å². The molecule has 1 atom stereocenters. The number of carbonyl (C=O) groups excluding carboxylic acids is 3. The quantitative estimate of drug-likeness (QED) is 0.278. The summed E-state index contributed by atoms with van der Waals surface area (Å²) in [6.07, 6.45) is 5.19. The van der Waals surface area contributed by atoms with E-state index in [1.165, 1.54) is 25.0 Å². The molecule has 42 heavy (non-hydrogen) atoms. The van der Waals surface area contributed by atoms with Crippen LogP contribution in [-0.2, 0) is 28.2 Å². The molecule has 3 aliphatic heterocycles. The molecular formula is C28H37FN7O5P. The van der Waals surface area contributed by atoms with Crippen molar-refractivity contribution in [3.05, 3.63) is 68.9 Å². The molecule has 3 amide bonds. The number of halogens is 1. The van der Waals surface area contributed by atoms with Crippen molar-refractivity contribution in [1.82, 2.24) is 35.3 Å². The summed E-state index contributed by atoms with van der Waals surface area (Å²) in [6, 6.07) is 4.58. The zero-order valence-corrected chi connectivity index (χ0v) is 25.4. The Bertz CT molecular complexity index is 1470. The van der Waals surface area contributed by atoms with Gasteiger partial charge >= 0.3 is 0 Å². The Labute approximate surface area is 245 Å². The number of aryl methyl sites for hydroxylation is 1. The van der Waals surface area contributed by atoms with Crippen molar-refractivity contribution in [3.8, 4) is 5.75 Å². The number of ether oxygens (including phenoxy) is 1. The maximum Gasteiger partial charge on any atom is 0.296 e. The summed E-state index contributed by atoms with van der Waals surface area (Å²) < 4.78 is 20.6. The number of hydrogen-bond acceptors (Lipinski definition) is 8. The lowest BCUT2D eigenvalue weighted by Crippen LogP contribution is -2.47. The van der Waals surface area contributed by atoms with E-state index in [2.05, 4.69) is 25.8 Å². The molecule has 6 rings (SSSR count). The van der Waals surface area contributed by atoms with E-state index in [1.54, 1.807) is 37.7 Å². The van der Waals surface area contributed by atoms with Gasteiger partial charge in [-0.05, 0) is 49.8 Å². The highest BCUT2D eigenvalue weighted by Crippen LogP contribution is 2.53. The molecule has 226 valence electrons. The zero-order valence-electron chi connectivity index (χ0n) is 24.4. The highest BCUT2D eigenvalue weighted by atomic mass is 31.1. The van der Waals surface area contributed by atoms with E-state index in [0.717, 1.165) is 18.5 Å². The molecule has 0 saturated heterocycles. The molecule has 12 nitrogen and oxygen atoms in total. The molecule has 1 fully saturated rings. The number of nitrogens with one attached hydrogen (secondary N) is 4. The number of hydrogen-bond donors (Lipinski definition) is 4. The van der Waals surface area contributed by atoms with Gasteiger partial charge in [0.1, 0.15) is 11.6 Å². The number of benzene rings is 1. The summed E-state index contributed by atoms with van der Waals surface area (Å²) in [5.41, 5.74) is 0.413. The lowest BCUT2D eigenvalue weighted by Gasteiger charge is -2.42. The largest absolute Gasteiger partial charge is 0.489 e. The smallest absolute Gasteiger partial charge is 0.296 e. The van der Waals surface area contributed by atoms with Crippen LogP contribution in [0.3, 0.4) is 0 Å². The summed E-state index contributed by atoms with van der Waals surface area (Å²) in [5, 5.41) is 12.3. The van der Waals surface area contributed by atoms with Crippen molar-refractivity contribution >= 4 is 27.1 Å². The Morgan fingerprint density at radius 1 is 1.26 bits per heavy atom. The first kappa shape index (κ1) is 31.0. The van der Waals surface area contributed by atoms with E-state index < -0.39 is 17.0 Å². The first-order valence-corrected chi connectivity index (χ1v) is 14.6. The summed E-state index contributed by atoms with van der Waals surface area (Å²) in [5.74, 6) is -0.619. The van der Waals surface area contributed by atoms with Gasteiger partial charge in [0, 0.05) is 51.4 Å². The summed E-state index contributed by atoms with van der Waals surface area (Å²) in [7, 11) is 5.15. The predicted octanol–water partition coefficient (Wildman–Crippen LogP) is 1.78. The molecule has 4 aliphatic rings. The lowest BCUT2D eigenvalue weighted by molar-refractivity contribution is -0.126. The summed E-state index contributed by atoms with van der Waals surface area (Å²) in [6.45, 7) is 3.65. The van der Waals surface area contributed by atoms with E-state index in [9.17, 15) is 23.6 Å². The second-order valence-electron chi connectivity index (χ2n) is 11.0. The maximum atomic E-state index is 13.7. The van der Waals surface area contributed by atoms with Gasteiger partial charge in [-0.3, -0.25) is 23.7 Å². The minimum Gasteiger partial charge on any atom is -0.489 e. The molecular weight excluding hydrogens is 564 g/mol. The Hall–Kier alpha value is -3.99. The molecule has 2 aromatic rings. The minimum absolute atomic E-state index is 0.0926. The first-order chi connectivity index (χ1) is 20.0. The normalized spacial score (nSPS) is 22.3. The van der Waals surface area contributed by atoms with Crippen molar-refractivity contribution in [2.45, 2.75) is 58.2 Å². The molecule has 1 aromatic carbocycles. The van der Waals surface area contributed by atoms with Crippen LogP contribution < -0.4 is 31.1 Å². The fourth-order valence-corrected chi connectivity index (χ4v) is 6.28. The Kier molecular flexibility index (Phi) is 9.20. The number of methoxy groups -OCH3 is 1. The van der Waals surface area contributed by atoms with Crippen LogP contribution in [0.5, 0.6) is 5.75 Å². The van der Waals surface area contributed by atoms with E-state index in [1.807, 2.05) is 6.20 Å². The number of amides is 3. The van der Waals surface area contributed by atoms with Crippen LogP contribution in [0.15, 0.2) is 34.9 Å². The fourth-order valence-electron chi connectivity index (χ4n) is 5.52. The fraction of sp³-hybridized carbons (Fsp3) is 0.464. The number of fused-ring (bicyclic) bond motifs is 2. The van der Waals surface area contributed by atoms with E-state index in [4.69, 9.17) is 4.74 Å². The highest BCUT2D eigenvalue weighted by molar-refractivity contribution is 7.33. The van der Waals surface area contributed by atoms with Crippen LogP contribution in [0.4, 0.5) is 4.39 Å². The van der Waals surface area contributed by atoms with Crippen LogP contribution in [0.1, 0.15) is 60.0 Å². The summed E-state index contributed by atoms with van der Waals surface area (Å²) in [4.78, 5) is 54.9. The van der Waals surface area contributed by atoms with Gasteiger partial charge in [-0.1, -0.05) is 12.1 Å². The van der Waals surface area contributed by atoms with Gasteiger partial charge in [-0.15, -0.1) is 0 Å². The molecule has 0 radical (unpaired) electrons. The molecule has 1 aliphatic carbocycles. The van der Waals surface area contributed by atoms with Gasteiger partial charge in [0.2, 0.25) is 18.1 Å². The molecule has 14 heteroatoms. The highest BCUT2D eigenvalue weighted by Gasteiger charge is 2.52.